The predicted molar refractivity (Wildman–Crippen MR) is 85.2 cm³/mol. The summed E-state index contributed by atoms with van der Waals surface area (Å²) in [7, 11) is 0. The van der Waals surface area contributed by atoms with Gasteiger partial charge in [-0.1, -0.05) is 31.9 Å². The molecule has 116 valence electrons. The first-order valence-electron chi connectivity index (χ1n) is 7.76. The van der Waals surface area contributed by atoms with Crippen molar-refractivity contribution in [2.24, 2.45) is 5.92 Å². The topological polar surface area (TPSA) is 81.2 Å². The maximum absolute atomic E-state index is 12.3. The number of amides is 1. The van der Waals surface area contributed by atoms with Gasteiger partial charge in [-0.3, -0.25) is 4.79 Å². The van der Waals surface area contributed by atoms with E-state index in [1.54, 1.807) is 6.07 Å². The van der Waals surface area contributed by atoms with Crippen molar-refractivity contribution in [3.63, 3.8) is 0 Å². The van der Waals surface area contributed by atoms with Crippen LogP contribution in [0.5, 0.6) is 0 Å². The number of nitrogen functional groups attached to an aromatic ring is 1. The van der Waals surface area contributed by atoms with Crippen molar-refractivity contribution in [1.29, 1.82) is 0 Å². The van der Waals surface area contributed by atoms with Crippen molar-refractivity contribution in [1.82, 2.24) is 10.3 Å². The molecule has 3 N–H and O–H groups in total. The molecule has 1 amide bonds. The van der Waals surface area contributed by atoms with Gasteiger partial charge in [0.2, 0.25) is 5.89 Å². The predicted octanol–water partition coefficient (Wildman–Crippen LogP) is 3.23. The van der Waals surface area contributed by atoms with E-state index in [0.717, 1.165) is 12.8 Å². The number of para-hydroxylation sites is 1. The minimum absolute atomic E-state index is 0.178. The molecule has 1 aromatic carbocycles. The van der Waals surface area contributed by atoms with Gasteiger partial charge in [0.15, 0.2) is 5.69 Å². The molecule has 1 aliphatic carbocycles. The Kier molecular flexibility index (Phi) is 4.13. The van der Waals surface area contributed by atoms with Gasteiger partial charge in [-0.2, -0.15) is 0 Å². The van der Waals surface area contributed by atoms with Gasteiger partial charge in [0.05, 0.1) is 5.56 Å². The monoisotopic (exact) mass is 299 g/mol. The number of nitrogens with zero attached hydrogens (tertiary/aromatic N) is 1. The molecule has 3 rings (SSSR count). The summed E-state index contributed by atoms with van der Waals surface area (Å²) in [5, 5.41) is 3.07. The molecule has 2 unspecified atom stereocenters. The van der Waals surface area contributed by atoms with Crippen LogP contribution in [0.25, 0.3) is 11.5 Å². The molecule has 0 spiro atoms. The number of oxazole rings is 1. The molecule has 1 fully saturated rings. The second-order valence-electron chi connectivity index (χ2n) is 5.97. The van der Waals surface area contributed by atoms with Crippen LogP contribution < -0.4 is 11.1 Å². The lowest BCUT2D eigenvalue weighted by molar-refractivity contribution is 0.0905. The van der Waals surface area contributed by atoms with E-state index in [2.05, 4.69) is 17.2 Å². The standard InChI is InChI=1S/C17H21N3O2/c1-11-6-2-5-9-14(11)19-16(21)15-10-22-17(20-15)12-7-3-4-8-13(12)18/h3-4,7-8,10-11,14H,2,5-6,9,18H2,1H3,(H,19,21). The second-order valence-corrected chi connectivity index (χ2v) is 5.97. The number of hydrogen-bond acceptors (Lipinski definition) is 4. The van der Waals surface area contributed by atoms with E-state index in [-0.39, 0.29) is 11.9 Å². The van der Waals surface area contributed by atoms with E-state index >= 15 is 0 Å². The van der Waals surface area contributed by atoms with Crippen LogP contribution >= 0.6 is 0 Å². The summed E-state index contributed by atoms with van der Waals surface area (Å²) in [5.74, 6) is 0.706. The third-order valence-corrected chi connectivity index (χ3v) is 4.36. The van der Waals surface area contributed by atoms with E-state index in [9.17, 15) is 4.79 Å². The van der Waals surface area contributed by atoms with Crippen molar-refractivity contribution >= 4 is 11.6 Å². The van der Waals surface area contributed by atoms with Crippen molar-refractivity contribution < 1.29 is 9.21 Å². The normalized spacial score (nSPS) is 21.5. The lowest BCUT2D eigenvalue weighted by Crippen LogP contribution is -2.41. The van der Waals surface area contributed by atoms with Gasteiger partial charge < -0.3 is 15.5 Å². The number of aromatic nitrogens is 1. The molecular weight excluding hydrogens is 278 g/mol. The fourth-order valence-corrected chi connectivity index (χ4v) is 2.97. The van der Waals surface area contributed by atoms with Gasteiger partial charge in [-0.15, -0.1) is 0 Å². The molecule has 0 aliphatic heterocycles. The van der Waals surface area contributed by atoms with E-state index in [1.165, 1.54) is 19.1 Å². The number of carbonyl (C=O) groups is 1. The Bertz CT molecular complexity index is 665. The highest BCUT2D eigenvalue weighted by molar-refractivity contribution is 5.92. The van der Waals surface area contributed by atoms with E-state index in [1.807, 2.05) is 18.2 Å². The summed E-state index contributed by atoms with van der Waals surface area (Å²) in [6.07, 6.45) is 6.00. The number of anilines is 1. The minimum atomic E-state index is -0.178. The molecule has 2 atom stereocenters. The number of carbonyl (C=O) groups excluding carboxylic acids is 1. The molecule has 0 saturated heterocycles. The van der Waals surface area contributed by atoms with Crippen molar-refractivity contribution in [3.05, 3.63) is 36.2 Å². The summed E-state index contributed by atoms with van der Waals surface area (Å²) in [5.41, 5.74) is 7.49. The summed E-state index contributed by atoms with van der Waals surface area (Å²) in [4.78, 5) is 16.6. The van der Waals surface area contributed by atoms with E-state index in [0.29, 0.717) is 28.8 Å². The Labute approximate surface area is 129 Å². The van der Waals surface area contributed by atoms with Gasteiger partial charge in [-0.25, -0.2) is 4.98 Å². The lowest BCUT2D eigenvalue weighted by Gasteiger charge is -2.29. The smallest absolute Gasteiger partial charge is 0.273 e. The highest BCUT2D eigenvalue weighted by Crippen LogP contribution is 2.26. The van der Waals surface area contributed by atoms with E-state index < -0.39 is 0 Å². The molecule has 1 saturated carbocycles. The third kappa shape index (κ3) is 2.98. The Morgan fingerprint density at radius 2 is 2.09 bits per heavy atom. The van der Waals surface area contributed by atoms with Gasteiger partial charge >= 0.3 is 0 Å². The Morgan fingerprint density at radius 3 is 2.86 bits per heavy atom. The molecule has 0 radical (unpaired) electrons. The maximum atomic E-state index is 12.3. The number of rotatable bonds is 3. The largest absolute Gasteiger partial charge is 0.444 e. The van der Waals surface area contributed by atoms with Crippen LogP contribution in [0.1, 0.15) is 43.1 Å². The molecular formula is C17H21N3O2. The highest BCUT2D eigenvalue weighted by Gasteiger charge is 2.24. The first kappa shape index (κ1) is 14.6. The molecule has 2 aromatic rings. The zero-order valence-corrected chi connectivity index (χ0v) is 12.7. The first-order chi connectivity index (χ1) is 10.6. The van der Waals surface area contributed by atoms with E-state index in [4.69, 9.17) is 10.2 Å². The van der Waals surface area contributed by atoms with Crippen LogP contribution in [0, 0.1) is 5.92 Å². The summed E-state index contributed by atoms with van der Waals surface area (Å²) in [6.45, 7) is 2.18. The number of nitrogens with one attached hydrogen (secondary N) is 1. The molecule has 5 heteroatoms. The quantitative estimate of drug-likeness (QED) is 0.853. The molecule has 5 nitrogen and oxygen atoms in total. The van der Waals surface area contributed by atoms with Crippen LogP contribution in [-0.4, -0.2) is 16.9 Å². The van der Waals surface area contributed by atoms with Crippen LogP contribution in [0.2, 0.25) is 0 Å². The van der Waals surface area contributed by atoms with Gasteiger partial charge in [0.25, 0.3) is 5.91 Å². The van der Waals surface area contributed by atoms with Crippen LogP contribution in [0.4, 0.5) is 5.69 Å². The summed E-state index contributed by atoms with van der Waals surface area (Å²) >= 11 is 0. The van der Waals surface area contributed by atoms with Crippen molar-refractivity contribution in [3.8, 4) is 11.5 Å². The first-order valence-corrected chi connectivity index (χ1v) is 7.76. The fraction of sp³-hybridized carbons (Fsp3) is 0.412. The van der Waals surface area contributed by atoms with Crippen LogP contribution in [0.15, 0.2) is 34.9 Å². The molecule has 1 aromatic heterocycles. The van der Waals surface area contributed by atoms with Gasteiger partial charge in [-0.05, 0) is 30.9 Å². The Morgan fingerprint density at radius 1 is 1.32 bits per heavy atom. The van der Waals surface area contributed by atoms with Crippen LogP contribution in [-0.2, 0) is 0 Å². The zero-order chi connectivity index (χ0) is 15.5. The van der Waals surface area contributed by atoms with Crippen molar-refractivity contribution in [2.45, 2.75) is 38.6 Å². The Balaban J connectivity index is 1.73. The maximum Gasteiger partial charge on any atom is 0.273 e. The van der Waals surface area contributed by atoms with Gasteiger partial charge in [0.1, 0.15) is 6.26 Å². The highest BCUT2D eigenvalue weighted by atomic mass is 16.3. The fourth-order valence-electron chi connectivity index (χ4n) is 2.97. The number of nitrogens with two attached hydrogens (primary N) is 1. The minimum Gasteiger partial charge on any atom is -0.444 e. The van der Waals surface area contributed by atoms with Crippen molar-refractivity contribution in [2.75, 3.05) is 5.73 Å². The number of benzene rings is 1. The second kappa shape index (κ2) is 6.22. The molecule has 1 aliphatic rings. The molecule has 0 bridgehead atoms. The average molecular weight is 299 g/mol. The zero-order valence-electron chi connectivity index (χ0n) is 12.7. The Hall–Kier alpha value is -2.30. The number of hydrogen-bond donors (Lipinski definition) is 2. The summed E-state index contributed by atoms with van der Waals surface area (Å²) < 4.78 is 5.42. The summed E-state index contributed by atoms with van der Waals surface area (Å²) in [6, 6.07) is 7.54. The lowest BCUT2D eigenvalue weighted by atomic mass is 9.86. The SMILES string of the molecule is CC1CCCCC1NC(=O)c1coc(-c2ccccc2N)n1. The van der Waals surface area contributed by atoms with Gasteiger partial charge in [0, 0.05) is 11.7 Å². The average Bonchev–Trinajstić information content (AvgIpc) is 3.00. The molecule has 1 heterocycles. The van der Waals surface area contributed by atoms with Crippen LogP contribution in [0.3, 0.4) is 0 Å². The molecule has 22 heavy (non-hydrogen) atoms. The third-order valence-electron chi connectivity index (χ3n) is 4.36.